The molecule has 15 rings (SSSR count). The number of aromatic nitrogens is 1. The van der Waals surface area contributed by atoms with E-state index in [0.29, 0.717) is 0 Å². The Bertz CT molecular complexity index is 3900. The molecule has 0 saturated heterocycles. The van der Waals surface area contributed by atoms with Crippen LogP contribution in [0.2, 0.25) is 0 Å². The first-order chi connectivity index (χ1) is 30.3. The molecule has 0 unspecified atom stereocenters. The molecule has 4 aliphatic rings. The predicted molar refractivity (Wildman–Crippen MR) is 266 cm³/mol. The first-order valence-electron chi connectivity index (χ1n) is 22.0. The lowest BCUT2D eigenvalue weighted by atomic mass is 9.44. The number of fused-ring (bicyclic) bond motifs is 18. The van der Waals surface area contributed by atoms with Crippen molar-refractivity contribution in [3.63, 3.8) is 0 Å². The van der Waals surface area contributed by atoms with E-state index in [4.69, 9.17) is 0 Å². The van der Waals surface area contributed by atoms with Crippen LogP contribution in [0.1, 0.15) is 49.9 Å². The van der Waals surface area contributed by atoms with E-state index >= 15 is 0 Å². The molecule has 2 nitrogen and oxygen atoms in total. The highest BCUT2D eigenvalue weighted by Gasteiger charge is 2.47. The van der Waals surface area contributed by atoms with Gasteiger partial charge in [-0.15, -0.1) is 11.3 Å². The van der Waals surface area contributed by atoms with Gasteiger partial charge in [-0.3, -0.25) is 0 Å². The molecule has 0 radical (unpaired) electrons. The van der Waals surface area contributed by atoms with E-state index in [-0.39, 0.29) is 17.7 Å². The molecule has 2 aliphatic heterocycles. The molecular formula is C58H39BN2S. The zero-order valence-electron chi connectivity index (χ0n) is 35.0. The molecule has 0 N–H and O–H groups in total. The molecule has 11 aromatic rings. The van der Waals surface area contributed by atoms with Crippen molar-refractivity contribution in [1.82, 2.24) is 4.48 Å². The van der Waals surface area contributed by atoms with Crippen molar-refractivity contribution in [3.05, 3.63) is 186 Å². The molecule has 4 heteroatoms. The molecule has 4 heterocycles. The third-order valence-corrected chi connectivity index (χ3v) is 16.6. The van der Waals surface area contributed by atoms with Gasteiger partial charge in [0.25, 0.3) is 0 Å². The highest BCUT2D eigenvalue weighted by molar-refractivity contribution is 7.26. The van der Waals surface area contributed by atoms with Gasteiger partial charge >= 0.3 is 6.85 Å². The second-order valence-corrected chi connectivity index (χ2v) is 20.3. The molecule has 9 aromatic carbocycles. The van der Waals surface area contributed by atoms with E-state index < -0.39 is 0 Å². The van der Waals surface area contributed by atoms with Crippen LogP contribution < -0.4 is 15.8 Å². The fraction of sp³-hybridized carbons (Fsp3) is 0.103. The van der Waals surface area contributed by atoms with Crippen LogP contribution in [0.3, 0.4) is 0 Å². The maximum absolute atomic E-state index is 2.75. The quantitative estimate of drug-likeness (QED) is 0.150. The third kappa shape index (κ3) is 3.91. The standard InChI is InChI=1S/C58H39BN2S/c1-57(2)44-21-10-7-16-35(44)40-28-34(24-25-46(40)57)60-50-29-41-36-17-8-11-22-45(36)58(3,4)47(41)31-48(50)59-54-43(30-52-53(56(54)60)39-18-9-12-23-51(39)62-52)38-20-13-19-37-42-26-32-14-5-6-15-33(32)27-49(42)61(59)55(37)38/h5-31H,1-4H3. The first-order valence-corrected chi connectivity index (χ1v) is 22.9. The summed E-state index contributed by atoms with van der Waals surface area (Å²) in [5.74, 6) is 0. The van der Waals surface area contributed by atoms with Crippen molar-refractivity contribution in [2.45, 2.75) is 38.5 Å². The SMILES string of the molecule is CC1(C)c2ccccc2-c2cc(N3c4cc5c(cc4B4c6c(cc7sc8ccccc8c7c63)-c3cccc6c7cc8ccccc8cc7n4c36)C(C)(C)c3ccccc3-5)ccc21. The molecule has 62 heavy (non-hydrogen) atoms. The van der Waals surface area contributed by atoms with E-state index in [1.54, 1.807) is 0 Å². The van der Waals surface area contributed by atoms with Crippen molar-refractivity contribution < 1.29 is 0 Å². The molecule has 0 atom stereocenters. The van der Waals surface area contributed by atoms with Crippen molar-refractivity contribution in [2.24, 2.45) is 0 Å². The Morgan fingerprint density at radius 2 is 1.11 bits per heavy atom. The summed E-state index contributed by atoms with van der Waals surface area (Å²) in [6.07, 6.45) is 0. The van der Waals surface area contributed by atoms with Crippen LogP contribution >= 0.6 is 11.3 Å². The van der Waals surface area contributed by atoms with Gasteiger partial charge in [0, 0.05) is 69.7 Å². The van der Waals surface area contributed by atoms with Gasteiger partial charge in [0.05, 0.1) is 5.69 Å². The van der Waals surface area contributed by atoms with Gasteiger partial charge in [-0.1, -0.05) is 149 Å². The van der Waals surface area contributed by atoms with Crippen LogP contribution in [0.4, 0.5) is 17.1 Å². The van der Waals surface area contributed by atoms with E-state index in [1.807, 2.05) is 11.3 Å². The van der Waals surface area contributed by atoms with Crippen LogP contribution in [0.25, 0.3) is 86.1 Å². The van der Waals surface area contributed by atoms with Crippen LogP contribution in [0.15, 0.2) is 164 Å². The van der Waals surface area contributed by atoms with Gasteiger partial charge in [0.1, 0.15) is 0 Å². The number of para-hydroxylation sites is 1. The van der Waals surface area contributed by atoms with Gasteiger partial charge in [-0.2, -0.15) is 0 Å². The molecule has 290 valence electrons. The van der Waals surface area contributed by atoms with Crippen LogP contribution in [-0.4, -0.2) is 11.3 Å². The number of anilines is 3. The Kier molecular flexibility index (Phi) is 6.07. The molecule has 2 aliphatic carbocycles. The summed E-state index contributed by atoms with van der Waals surface area (Å²) >= 11 is 1.93. The molecule has 0 spiro atoms. The van der Waals surface area contributed by atoms with Gasteiger partial charge < -0.3 is 9.38 Å². The first kappa shape index (κ1) is 33.8. The average molecular weight is 807 g/mol. The fourth-order valence-corrected chi connectivity index (χ4v) is 13.9. The van der Waals surface area contributed by atoms with Gasteiger partial charge in [-0.25, -0.2) is 0 Å². The van der Waals surface area contributed by atoms with E-state index in [9.17, 15) is 0 Å². The largest absolute Gasteiger partial charge is 0.375 e. The number of nitrogens with zero attached hydrogens (tertiary/aromatic N) is 2. The fourth-order valence-electron chi connectivity index (χ4n) is 12.7. The summed E-state index contributed by atoms with van der Waals surface area (Å²) in [5, 5.41) is 7.87. The molecule has 2 aromatic heterocycles. The smallest absolute Gasteiger partial charge is 0.333 e. The Morgan fingerprint density at radius 3 is 1.92 bits per heavy atom. The highest BCUT2D eigenvalue weighted by Crippen LogP contribution is 2.56. The van der Waals surface area contributed by atoms with Crippen molar-refractivity contribution in [2.75, 3.05) is 4.90 Å². The summed E-state index contributed by atoms with van der Waals surface area (Å²) in [4.78, 5) is 2.70. The maximum Gasteiger partial charge on any atom is 0.333 e. The summed E-state index contributed by atoms with van der Waals surface area (Å²) in [5.41, 5.74) is 22.6. The second kappa shape index (κ2) is 11.1. The van der Waals surface area contributed by atoms with Crippen LogP contribution in [0, 0.1) is 0 Å². The summed E-state index contributed by atoms with van der Waals surface area (Å²) in [6.45, 7) is 9.58. The van der Waals surface area contributed by atoms with E-state index in [0.717, 1.165) is 0 Å². The normalized spacial score (nSPS) is 15.6. The number of hydrogen-bond donors (Lipinski definition) is 0. The van der Waals surface area contributed by atoms with Gasteiger partial charge in [0.2, 0.25) is 0 Å². The Hall–Kier alpha value is -6.88. The number of hydrogen-bond acceptors (Lipinski definition) is 2. The minimum Gasteiger partial charge on any atom is -0.375 e. The molecule has 0 fully saturated rings. The third-order valence-electron chi connectivity index (χ3n) is 15.5. The summed E-state index contributed by atoms with van der Waals surface area (Å²) < 4.78 is 5.41. The Balaban J connectivity index is 1.15. The Labute approximate surface area is 364 Å². The molecule has 0 amide bonds. The van der Waals surface area contributed by atoms with Crippen molar-refractivity contribution in [1.29, 1.82) is 0 Å². The number of benzene rings is 9. The lowest BCUT2D eigenvalue weighted by Crippen LogP contribution is -2.57. The highest BCUT2D eigenvalue weighted by atomic mass is 32.1. The average Bonchev–Trinajstić information content (AvgIpc) is 3.97. The Morgan fingerprint density at radius 1 is 0.468 bits per heavy atom. The second-order valence-electron chi connectivity index (χ2n) is 19.2. The molecule has 0 saturated carbocycles. The van der Waals surface area contributed by atoms with Crippen molar-refractivity contribution in [3.8, 4) is 33.4 Å². The molecule has 0 bridgehead atoms. The minimum absolute atomic E-state index is 0.0516. The van der Waals surface area contributed by atoms with Crippen molar-refractivity contribution >= 4 is 98.9 Å². The minimum atomic E-state index is -0.151. The van der Waals surface area contributed by atoms with E-state index in [2.05, 4.69) is 201 Å². The van der Waals surface area contributed by atoms with Gasteiger partial charge in [0.15, 0.2) is 0 Å². The zero-order valence-corrected chi connectivity index (χ0v) is 35.8. The monoisotopic (exact) mass is 806 g/mol. The topological polar surface area (TPSA) is 8.17 Å². The number of thiophene rings is 1. The number of rotatable bonds is 1. The maximum atomic E-state index is 2.75. The van der Waals surface area contributed by atoms with Crippen LogP contribution in [-0.2, 0) is 10.8 Å². The summed E-state index contributed by atoms with van der Waals surface area (Å²) in [6, 6.07) is 63.3. The lowest BCUT2D eigenvalue weighted by molar-refractivity contribution is 0.660. The van der Waals surface area contributed by atoms with E-state index in [1.165, 1.54) is 136 Å². The van der Waals surface area contributed by atoms with Gasteiger partial charge in [-0.05, 0) is 114 Å². The van der Waals surface area contributed by atoms with Crippen LogP contribution in [0.5, 0.6) is 0 Å². The zero-order chi connectivity index (χ0) is 41.0. The molecular weight excluding hydrogens is 768 g/mol. The lowest BCUT2D eigenvalue weighted by Gasteiger charge is -2.42. The summed E-state index contributed by atoms with van der Waals surface area (Å²) in [7, 11) is 0. The predicted octanol–water partition coefficient (Wildman–Crippen LogP) is 14.3.